The molecule has 3 heterocycles. The van der Waals surface area contributed by atoms with E-state index >= 15 is 0 Å². The molecule has 13 nitrogen and oxygen atoms in total. The molecule has 0 aromatic heterocycles. The molecule has 0 aromatic rings. The van der Waals surface area contributed by atoms with Gasteiger partial charge < -0.3 is 22.9 Å². The molecule has 0 saturated carbocycles. The van der Waals surface area contributed by atoms with Crippen LogP contribution in [0.1, 0.15) is 41.0 Å². The van der Waals surface area contributed by atoms with Crippen molar-refractivity contribution >= 4 is 66.7 Å². The van der Waals surface area contributed by atoms with Crippen LogP contribution in [-0.4, -0.2) is 86.5 Å². The third kappa shape index (κ3) is 7.51. The van der Waals surface area contributed by atoms with Gasteiger partial charge in [-0.25, -0.2) is 14.4 Å². The zero-order valence-corrected chi connectivity index (χ0v) is 29.3. The fourth-order valence-corrected chi connectivity index (χ4v) is 9.55. The van der Waals surface area contributed by atoms with E-state index in [4.69, 9.17) is 8.95 Å². The summed E-state index contributed by atoms with van der Waals surface area (Å²) in [6.07, 6.45) is -1.02. The Kier molecular flexibility index (Phi) is 12.7. The fourth-order valence-electron chi connectivity index (χ4n) is 6.38. The van der Waals surface area contributed by atoms with Gasteiger partial charge in [-0.3, -0.25) is 25.3 Å². The van der Waals surface area contributed by atoms with E-state index in [0.29, 0.717) is 25.3 Å². The van der Waals surface area contributed by atoms with E-state index in [1.54, 1.807) is 4.90 Å². The first kappa shape index (κ1) is 34.8. The lowest BCUT2D eigenvalue weighted by Gasteiger charge is -2.49. The van der Waals surface area contributed by atoms with Gasteiger partial charge in [-0.2, -0.15) is 0 Å². The topological polar surface area (TPSA) is 148 Å². The summed E-state index contributed by atoms with van der Waals surface area (Å²) in [7, 11) is 3.71. The van der Waals surface area contributed by atoms with Crippen molar-refractivity contribution in [2.45, 2.75) is 71.3 Å². The quantitative estimate of drug-likeness (QED) is 0.112. The molecule has 17 heteroatoms. The standard InChI is InChI=1S/C25H44N5O8P3Si/c1-6-42(7-2,8-3)38-15(5)18-19-14(4)17(20(22(32)35-39)30(19)21(18)31)13-29-10-9-16(12-29)11-26-23(27-24(33)36-40)28-25(34)37-41/h14-16,18-19H,6-13,39-41H2,1-5H3,(H2,26,27,28,33,34)/t14-,15+,16+,18?,19+/m0/s1. The highest BCUT2D eigenvalue weighted by atomic mass is 31.0. The molecule has 0 radical (unpaired) electrons. The van der Waals surface area contributed by atoms with Crippen LogP contribution in [0.25, 0.3) is 0 Å². The number of amides is 3. The maximum absolute atomic E-state index is 13.5. The van der Waals surface area contributed by atoms with Crippen LogP contribution in [0, 0.1) is 17.8 Å². The molecule has 2 N–H and O–H groups in total. The van der Waals surface area contributed by atoms with Crippen molar-refractivity contribution in [2.75, 3.05) is 26.2 Å². The molecule has 4 unspecified atom stereocenters. The Morgan fingerprint density at radius 3 is 2.17 bits per heavy atom. The van der Waals surface area contributed by atoms with Crippen molar-refractivity contribution in [3.63, 3.8) is 0 Å². The first-order chi connectivity index (χ1) is 20.0. The van der Waals surface area contributed by atoms with Crippen molar-refractivity contribution in [1.29, 1.82) is 0 Å². The van der Waals surface area contributed by atoms with E-state index in [0.717, 1.165) is 36.7 Å². The summed E-state index contributed by atoms with van der Waals surface area (Å²) in [6.45, 7) is 12.9. The molecule has 8 atom stereocenters. The van der Waals surface area contributed by atoms with Crippen molar-refractivity contribution in [2.24, 2.45) is 22.7 Å². The van der Waals surface area contributed by atoms with Crippen LogP contribution in [-0.2, 0) is 27.6 Å². The third-order valence-corrected chi connectivity index (χ3v) is 14.3. The van der Waals surface area contributed by atoms with Gasteiger partial charge >= 0.3 is 18.2 Å². The van der Waals surface area contributed by atoms with Crippen LogP contribution in [0.15, 0.2) is 16.3 Å². The monoisotopic (exact) mass is 663 g/mol. The number of fused-ring (bicyclic) bond motifs is 1. The van der Waals surface area contributed by atoms with E-state index < -0.39 is 26.5 Å². The second kappa shape index (κ2) is 15.4. The minimum absolute atomic E-state index is 0.0354. The molecule has 3 aliphatic heterocycles. The SMILES string of the molecule is CC[Si](CC)(CC)O[C@H](C)C1C(=O)N2C(C(=O)OP)=C(CN3CC[C@H](CN=C(NC(=O)OP)NC(=O)OP)C3)[C@H](C)[C@H]12. The summed E-state index contributed by atoms with van der Waals surface area (Å²) < 4.78 is 20.7. The van der Waals surface area contributed by atoms with Gasteiger partial charge in [-0.15, -0.1) is 0 Å². The maximum Gasteiger partial charge on any atom is 0.416 e. The summed E-state index contributed by atoms with van der Waals surface area (Å²) in [5, 5.41) is 4.69. The molecule has 2 fully saturated rings. The average molecular weight is 664 g/mol. The fraction of sp³-hybridized carbons (Fsp3) is 0.720. The number of nitrogens with zero attached hydrogens (tertiary/aromatic N) is 3. The van der Waals surface area contributed by atoms with Gasteiger partial charge in [0.05, 0.1) is 46.5 Å². The highest BCUT2D eigenvalue weighted by Crippen LogP contribution is 2.49. The summed E-state index contributed by atoms with van der Waals surface area (Å²) in [4.78, 5) is 57.9. The van der Waals surface area contributed by atoms with Gasteiger partial charge in [0.1, 0.15) is 5.70 Å². The lowest BCUT2D eigenvalue weighted by molar-refractivity contribution is -0.161. The number of carbonyl (C=O) groups excluding carboxylic acids is 4. The summed E-state index contributed by atoms with van der Waals surface area (Å²) in [5.74, 6) is -0.911. The van der Waals surface area contributed by atoms with Gasteiger partial charge in [0, 0.05) is 25.6 Å². The largest absolute Gasteiger partial charge is 0.447 e. The number of hydrogen-bond donors (Lipinski definition) is 2. The van der Waals surface area contributed by atoms with Crippen molar-refractivity contribution in [3.05, 3.63) is 11.3 Å². The van der Waals surface area contributed by atoms with Crippen LogP contribution in [0.3, 0.4) is 0 Å². The summed E-state index contributed by atoms with van der Waals surface area (Å²) in [5.41, 5.74) is 1.23. The number of aliphatic imine (C=N–C) groups is 1. The second-order valence-corrected chi connectivity index (χ2v) is 16.4. The zero-order chi connectivity index (χ0) is 31.2. The Bertz CT molecular complexity index is 1080. The molecule has 2 saturated heterocycles. The van der Waals surface area contributed by atoms with Crippen LogP contribution in [0.2, 0.25) is 18.1 Å². The van der Waals surface area contributed by atoms with Gasteiger partial charge in [-0.05, 0) is 49.5 Å². The molecule has 0 aromatic carbocycles. The minimum atomic E-state index is -1.92. The van der Waals surface area contributed by atoms with Crippen LogP contribution in [0.4, 0.5) is 9.59 Å². The van der Waals surface area contributed by atoms with Gasteiger partial charge in [0.15, 0.2) is 8.32 Å². The van der Waals surface area contributed by atoms with Gasteiger partial charge in [-0.1, -0.05) is 27.7 Å². The Hall–Kier alpha value is -1.68. The first-order valence-corrected chi connectivity index (χ1v) is 18.2. The van der Waals surface area contributed by atoms with E-state index in [2.05, 4.69) is 57.3 Å². The Morgan fingerprint density at radius 2 is 1.64 bits per heavy atom. The molecular formula is C25H44N5O8P3Si. The normalized spacial score (nSPS) is 24.5. The maximum atomic E-state index is 13.5. The lowest BCUT2D eigenvalue weighted by Crippen LogP contribution is -2.65. The predicted molar refractivity (Wildman–Crippen MR) is 169 cm³/mol. The molecule has 0 aliphatic carbocycles. The van der Waals surface area contributed by atoms with E-state index in [-0.39, 0.29) is 41.8 Å². The number of rotatable bonds is 11. The van der Waals surface area contributed by atoms with Crippen LogP contribution < -0.4 is 10.6 Å². The molecule has 3 amide bonds. The highest BCUT2D eigenvalue weighted by molar-refractivity contribution is 7.11. The molecule has 0 spiro atoms. The van der Waals surface area contributed by atoms with Gasteiger partial charge in [0.2, 0.25) is 11.9 Å². The number of guanidine groups is 1. The smallest absolute Gasteiger partial charge is 0.416 e. The summed E-state index contributed by atoms with van der Waals surface area (Å²) in [6, 6.07) is 2.86. The first-order valence-electron chi connectivity index (χ1n) is 14.3. The van der Waals surface area contributed by atoms with Crippen molar-refractivity contribution in [3.8, 4) is 0 Å². The van der Waals surface area contributed by atoms with Crippen molar-refractivity contribution in [1.82, 2.24) is 20.4 Å². The molecule has 236 valence electrons. The van der Waals surface area contributed by atoms with Crippen LogP contribution in [0.5, 0.6) is 0 Å². The highest BCUT2D eigenvalue weighted by Gasteiger charge is 2.61. The number of likely N-dealkylation sites (tertiary alicyclic amines) is 1. The Morgan fingerprint density at radius 1 is 1.05 bits per heavy atom. The predicted octanol–water partition coefficient (Wildman–Crippen LogP) is 3.17. The van der Waals surface area contributed by atoms with Crippen LogP contribution >= 0.6 is 28.4 Å². The second-order valence-electron chi connectivity index (χ2n) is 11.0. The minimum Gasteiger partial charge on any atom is -0.447 e. The number of nitrogens with one attached hydrogen (secondary N) is 2. The molecule has 3 aliphatic rings. The molecule has 0 bridgehead atoms. The lowest BCUT2D eigenvalue weighted by atomic mass is 9.77. The van der Waals surface area contributed by atoms with Gasteiger partial charge in [0.25, 0.3) is 0 Å². The molecule has 42 heavy (non-hydrogen) atoms. The number of hydrogen-bond acceptors (Lipinski definition) is 10. The number of carbonyl (C=O) groups is 4. The molecular weight excluding hydrogens is 619 g/mol. The van der Waals surface area contributed by atoms with E-state index in [1.165, 1.54) is 0 Å². The third-order valence-electron chi connectivity index (χ3n) is 8.90. The Labute approximate surface area is 255 Å². The average Bonchev–Trinajstić information content (AvgIpc) is 3.54. The van der Waals surface area contributed by atoms with Crippen molar-refractivity contribution < 1.29 is 37.2 Å². The molecule has 3 rings (SSSR count). The zero-order valence-electron chi connectivity index (χ0n) is 24.9. The van der Waals surface area contributed by atoms with E-state index in [9.17, 15) is 19.2 Å². The Balaban J connectivity index is 1.72. The summed E-state index contributed by atoms with van der Waals surface area (Å²) >= 11 is 0. The van der Waals surface area contributed by atoms with E-state index in [1.807, 2.05) is 35.3 Å². The number of β-lactam (4-membered cyclic amide) rings is 1.